The minimum absolute atomic E-state index is 0.132. The Bertz CT molecular complexity index is 301. The average Bonchev–Trinajstić information content (AvgIpc) is 2.47. The van der Waals surface area contributed by atoms with Crippen molar-refractivity contribution >= 4 is 0 Å². The maximum Gasteiger partial charge on any atom is 0.157 e. The van der Waals surface area contributed by atoms with Crippen LogP contribution in [0.4, 0.5) is 0 Å². The van der Waals surface area contributed by atoms with Gasteiger partial charge in [0, 0.05) is 19.1 Å². The summed E-state index contributed by atoms with van der Waals surface area (Å²) >= 11 is 0. The van der Waals surface area contributed by atoms with Crippen LogP contribution < -0.4 is 10.1 Å². The van der Waals surface area contributed by atoms with E-state index in [1.54, 1.807) is 10.9 Å². The second-order valence-electron chi connectivity index (χ2n) is 4.91. The number of ether oxygens (including phenoxy) is 1. The number of aryl methyl sites for hydroxylation is 1. The Morgan fingerprint density at radius 1 is 1.53 bits per heavy atom. The average molecular weight is 211 g/mol. The molecule has 1 atom stereocenters. The molecule has 1 N–H and O–H groups in total. The lowest BCUT2D eigenvalue weighted by Gasteiger charge is -2.23. The highest BCUT2D eigenvalue weighted by Crippen LogP contribution is 2.09. The minimum Gasteiger partial charge on any atom is -0.486 e. The molecular formula is C11H21N3O. The summed E-state index contributed by atoms with van der Waals surface area (Å²) < 4.78 is 7.42. The fraction of sp³-hybridized carbons (Fsp3) is 0.727. The van der Waals surface area contributed by atoms with Crippen molar-refractivity contribution in [3.63, 3.8) is 0 Å². The molecule has 1 aromatic rings. The van der Waals surface area contributed by atoms with Crippen molar-refractivity contribution < 1.29 is 4.74 Å². The zero-order valence-electron chi connectivity index (χ0n) is 10.2. The predicted molar refractivity (Wildman–Crippen MR) is 61.1 cm³/mol. The van der Waals surface area contributed by atoms with Gasteiger partial charge >= 0.3 is 0 Å². The van der Waals surface area contributed by atoms with Gasteiger partial charge < -0.3 is 10.1 Å². The van der Waals surface area contributed by atoms with Gasteiger partial charge in [-0.2, -0.15) is 5.10 Å². The quantitative estimate of drug-likeness (QED) is 0.821. The molecule has 86 valence electrons. The molecule has 0 aliphatic carbocycles. The molecule has 1 heterocycles. The van der Waals surface area contributed by atoms with Crippen LogP contribution in [-0.4, -0.2) is 28.0 Å². The molecule has 0 amide bonds. The van der Waals surface area contributed by atoms with Crippen LogP contribution in [0.25, 0.3) is 0 Å². The number of nitrogens with zero attached hydrogens (tertiary/aromatic N) is 2. The SMILES string of the molecule is CC(CNC(C)(C)C)Oc1cnn(C)c1. The summed E-state index contributed by atoms with van der Waals surface area (Å²) in [6.45, 7) is 9.31. The first-order valence-electron chi connectivity index (χ1n) is 5.27. The minimum atomic E-state index is 0.132. The zero-order valence-corrected chi connectivity index (χ0v) is 10.2. The van der Waals surface area contributed by atoms with E-state index in [-0.39, 0.29) is 11.6 Å². The van der Waals surface area contributed by atoms with Crippen molar-refractivity contribution in [2.45, 2.75) is 39.3 Å². The molecule has 0 aliphatic rings. The normalized spacial score (nSPS) is 13.9. The highest BCUT2D eigenvalue weighted by molar-refractivity contribution is 5.11. The van der Waals surface area contributed by atoms with Crippen LogP contribution in [0.1, 0.15) is 27.7 Å². The van der Waals surface area contributed by atoms with Gasteiger partial charge in [-0.15, -0.1) is 0 Å². The molecule has 4 nitrogen and oxygen atoms in total. The van der Waals surface area contributed by atoms with Crippen LogP contribution in [0.5, 0.6) is 5.75 Å². The Balaban J connectivity index is 2.33. The zero-order chi connectivity index (χ0) is 11.5. The number of hydrogen-bond donors (Lipinski definition) is 1. The van der Waals surface area contributed by atoms with Crippen LogP contribution in [-0.2, 0) is 7.05 Å². The molecule has 1 rings (SSSR count). The Hall–Kier alpha value is -1.03. The van der Waals surface area contributed by atoms with Crippen molar-refractivity contribution in [3.8, 4) is 5.75 Å². The molecule has 4 heteroatoms. The highest BCUT2D eigenvalue weighted by Gasteiger charge is 2.12. The van der Waals surface area contributed by atoms with Crippen LogP contribution >= 0.6 is 0 Å². The Morgan fingerprint density at radius 3 is 2.67 bits per heavy atom. The van der Waals surface area contributed by atoms with Crippen molar-refractivity contribution in [3.05, 3.63) is 12.4 Å². The van der Waals surface area contributed by atoms with Gasteiger partial charge in [0.1, 0.15) is 6.10 Å². The van der Waals surface area contributed by atoms with E-state index < -0.39 is 0 Å². The van der Waals surface area contributed by atoms with Crippen molar-refractivity contribution in [1.82, 2.24) is 15.1 Å². The monoisotopic (exact) mass is 211 g/mol. The molecular weight excluding hydrogens is 190 g/mol. The first-order valence-corrected chi connectivity index (χ1v) is 5.27. The second-order valence-corrected chi connectivity index (χ2v) is 4.91. The summed E-state index contributed by atoms with van der Waals surface area (Å²) in [4.78, 5) is 0. The van der Waals surface area contributed by atoms with Crippen LogP contribution in [0.2, 0.25) is 0 Å². The summed E-state index contributed by atoms with van der Waals surface area (Å²) in [6, 6.07) is 0. The van der Waals surface area contributed by atoms with E-state index in [1.807, 2.05) is 20.2 Å². The Labute approximate surface area is 91.6 Å². The van der Waals surface area contributed by atoms with Gasteiger partial charge in [-0.3, -0.25) is 4.68 Å². The molecule has 1 aromatic heterocycles. The highest BCUT2D eigenvalue weighted by atomic mass is 16.5. The first kappa shape index (κ1) is 12.0. The third kappa shape index (κ3) is 4.83. The molecule has 0 radical (unpaired) electrons. The molecule has 0 aromatic carbocycles. The molecule has 0 spiro atoms. The standard InChI is InChI=1S/C11H21N3O/c1-9(6-12-11(2,3)4)15-10-7-13-14(5)8-10/h7-9,12H,6H2,1-5H3. The van der Waals surface area contributed by atoms with Crippen molar-refractivity contribution in [1.29, 1.82) is 0 Å². The first-order chi connectivity index (χ1) is 6.87. The summed E-state index contributed by atoms with van der Waals surface area (Å²) in [6.07, 6.45) is 3.75. The molecule has 0 fully saturated rings. The lowest BCUT2D eigenvalue weighted by atomic mass is 10.1. The third-order valence-corrected chi connectivity index (χ3v) is 1.94. The van der Waals surface area contributed by atoms with Gasteiger partial charge in [0.2, 0.25) is 0 Å². The van der Waals surface area contributed by atoms with Crippen LogP contribution in [0.15, 0.2) is 12.4 Å². The molecule has 0 saturated carbocycles. The lowest BCUT2D eigenvalue weighted by molar-refractivity contribution is 0.203. The van der Waals surface area contributed by atoms with Crippen LogP contribution in [0.3, 0.4) is 0 Å². The van der Waals surface area contributed by atoms with Crippen LogP contribution in [0, 0.1) is 0 Å². The number of rotatable bonds is 4. The fourth-order valence-electron chi connectivity index (χ4n) is 1.18. The summed E-state index contributed by atoms with van der Waals surface area (Å²) in [5.74, 6) is 0.820. The van der Waals surface area contributed by atoms with E-state index in [0.29, 0.717) is 0 Å². The molecule has 15 heavy (non-hydrogen) atoms. The van der Waals surface area contributed by atoms with Gasteiger partial charge in [-0.05, 0) is 27.7 Å². The summed E-state index contributed by atoms with van der Waals surface area (Å²) in [5.41, 5.74) is 0.132. The van der Waals surface area contributed by atoms with Gasteiger partial charge in [-0.25, -0.2) is 0 Å². The van der Waals surface area contributed by atoms with Gasteiger partial charge in [-0.1, -0.05) is 0 Å². The predicted octanol–water partition coefficient (Wildman–Crippen LogP) is 1.58. The lowest BCUT2D eigenvalue weighted by Crippen LogP contribution is -2.41. The third-order valence-electron chi connectivity index (χ3n) is 1.94. The number of hydrogen-bond acceptors (Lipinski definition) is 3. The molecule has 0 bridgehead atoms. The molecule has 0 saturated heterocycles. The molecule has 1 unspecified atom stereocenters. The van der Waals surface area contributed by atoms with Gasteiger partial charge in [0.05, 0.1) is 12.4 Å². The number of aromatic nitrogens is 2. The van der Waals surface area contributed by atoms with E-state index in [2.05, 4.69) is 31.2 Å². The summed E-state index contributed by atoms with van der Waals surface area (Å²) in [7, 11) is 1.88. The van der Waals surface area contributed by atoms with Gasteiger partial charge in [0.25, 0.3) is 0 Å². The second kappa shape index (κ2) is 4.66. The summed E-state index contributed by atoms with van der Waals surface area (Å²) in [5, 5.41) is 7.45. The van der Waals surface area contributed by atoms with E-state index in [9.17, 15) is 0 Å². The topological polar surface area (TPSA) is 39.1 Å². The maximum atomic E-state index is 5.68. The number of nitrogens with one attached hydrogen (secondary N) is 1. The Kier molecular flexibility index (Phi) is 3.74. The Morgan fingerprint density at radius 2 is 2.20 bits per heavy atom. The van der Waals surface area contributed by atoms with Crippen molar-refractivity contribution in [2.75, 3.05) is 6.54 Å². The largest absolute Gasteiger partial charge is 0.486 e. The van der Waals surface area contributed by atoms with E-state index in [0.717, 1.165) is 12.3 Å². The maximum absolute atomic E-state index is 5.68. The van der Waals surface area contributed by atoms with E-state index in [4.69, 9.17) is 4.74 Å². The van der Waals surface area contributed by atoms with E-state index >= 15 is 0 Å². The fourth-order valence-corrected chi connectivity index (χ4v) is 1.18. The van der Waals surface area contributed by atoms with Crippen molar-refractivity contribution in [2.24, 2.45) is 7.05 Å². The van der Waals surface area contributed by atoms with E-state index in [1.165, 1.54) is 0 Å². The van der Waals surface area contributed by atoms with Gasteiger partial charge in [0.15, 0.2) is 5.75 Å². The smallest absolute Gasteiger partial charge is 0.157 e. The molecule has 0 aliphatic heterocycles.